The molecule has 0 bridgehead atoms. The SMILES string of the molecule is CC[N+](CC)(CCCCCn1c(=O)cc(C)n(CCCn2c(C)cc(=O)n(C)c2=O)c1=O)Cc1ccccc1C(F)(F)F.[Br-]. The fourth-order valence-corrected chi connectivity index (χ4v) is 5.67. The Morgan fingerprint density at radius 2 is 1.27 bits per heavy atom. The first-order valence-corrected chi connectivity index (χ1v) is 14.8. The summed E-state index contributed by atoms with van der Waals surface area (Å²) in [6, 6.07) is 8.56. The molecule has 0 aliphatic carbocycles. The molecule has 3 rings (SSSR count). The Hall–Kier alpha value is -3.19. The van der Waals surface area contributed by atoms with Crippen molar-refractivity contribution >= 4 is 0 Å². The van der Waals surface area contributed by atoms with Crippen LogP contribution in [0.1, 0.15) is 62.0 Å². The molecular weight excluding hydrogens is 643 g/mol. The lowest BCUT2D eigenvalue weighted by atomic mass is 10.0. The number of rotatable bonds is 14. The number of hydrogen-bond acceptors (Lipinski definition) is 4. The van der Waals surface area contributed by atoms with Crippen LogP contribution < -0.4 is 39.5 Å². The maximum Gasteiger partial charge on any atom is 0.416 e. The van der Waals surface area contributed by atoms with Crippen LogP contribution in [0.2, 0.25) is 0 Å². The van der Waals surface area contributed by atoms with Crippen LogP contribution in [0.3, 0.4) is 0 Å². The minimum absolute atomic E-state index is 0. The van der Waals surface area contributed by atoms with Gasteiger partial charge in [0.25, 0.3) is 11.1 Å². The van der Waals surface area contributed by atoms with Crippen molar-refractivity contribution in [2.45, 2.75) is 85.7 Å². The van der Waals surface area contributed by atoms with Crippen LogP contribution >= 0.6 is 0 Å². The maximum atomic E-state index is 13.6. The summed E-state index contributed by atoms with van der Waals surface area (Å²) in [4.78, 5) is 50.2. The molecular formula is C31H43BrF3N5O4. The zero-order valence-corrected chi connectivity index (χ0v) is 27.7. The molecule has 3 aromatic rings. The fourth-order valence-electron chi connectivity index (χ4n) is 5.67. The molecule has 1 aromatic carbocycles. The Morgan fingerprint density at radius 3 is 1.86 bits per heavy atom. The minimum Gasteiger partial charge on any atom is -1.00 e. The number of alkyl halides is 3. The summed E-state index contributed by atoms with van der Waals surface area (Å²) in [7, 11) is 1.42. The highest BCUT2D eigenvalue weighted by Gasteiger charge is 2.35. The zero-order valence-electron chi connectivity index (χ0n) is 26.1. The number of hydrogen-bond donors (Lipinski definition) is 0. The van der Waals surface area contributed by atoms with Crippen molar-refractivity contribution < 1.29 is 34.6 Å². The number of halogens is 4. The lowest BCUT2D eigenvalue weighted by molar-refractivity contribution is -0.938. The zero-order chi connectivity index (χ0) is 31.9. The van der Waals surface area contributed by atoms with Crippen molar-refractivity contribution in [2.75, 3.05) is 19.6 Å². The summed E-state index contributed by atoms with van der Waals surface area (Å²) in [6.07, 6.45) is -1.91. The Morgan fingerprint density at radius 1 is 0.727 bits per heavy atom. The molecule has 2 heterocycles. The van der Waals surface area contributed by atoms with Crippen LogP contribution in [0.15, 0.2) is 55.6 Å². The third kappa shape index (κ3) is 8.71. The molecule has 0 atom stereocenters. The molecule has 13 heteroatoms. The van der Waals surface area contributed by atoms with Crippen LogP contribution in [0.25, 0.3) is 0 Å². The van der Waals surface area contributed by atoms with E-state index in [0.717, 1.165) is 23.5 Å². The third-order valence-electron chi connectivity index (χ3n) is 8.54. The van der Waals surface area contributed by atoms with Gasteiger partial charge in [-0.2, -0.15) is 13.2 Å². The first-order chi connectivity index (χ1) is 20.2. The summed E-state index contributed by atoms with van der Waals surface area (Å²) in [6.45, 7) is 10.6. The largest absolute Gasteiger partial charge is 1.00 e. The van der Waals surface area contributed by atoms with Crippen LogP contribution in [0, 0.1) is 13.8 Å². The second kappa shape index (κ2) is 15.7. The number of quaternary nitrogens is 1. The van der Waals surface area contributed by atoms with Crippen molar-refractivity contribution in [3.63, 3.8) is 0 Å². The number of aryl methyl sites for hydroxylation is 2. The van der Waals surface area contributed by atoms with Crippen molar-refractivity contribution in [2.24, 2.45) is 7.05 Å². The van der Waals surface area contributed by atoms with Gasteiger partial charge in [-0.05, 0) is 59.4 Å². The highest BCUT2D eigenvalue weighted by molar-refractivity contribution is 5.29. The minimum atomic E-state index is -4.40. The number of aromatic nitrogens is 4. The molecule has 9 nitrogen and oxygen atoms in total. The van der Waals surface area contributed by atoms with Gasteiger partial charge < -0.3 is 21.5 Å². The maximum absolute atomic E-state index is 13.6. The summed E-state index contributed by atoms with van der Waals surface area (Å²) in [5.41, 5.74) is -0.808. The first-order valence-electron chi connectivity index (χ1n) is 14.8. The lowest BCUT2D eigenvalue weighted by Gasteiger charge is -2.37. The van der Waals surface area contributed by atoms with Gasteiger partial charge in [-0.1, -0.05) is 18.2 Å². The van der Waals surface area contributed by atoms with Gasteiger partial charge in [-0.25, -0.2) is 9.59 Å². The molecule has 0 spiro atoms. The molecule has 0 aliphatic rings. The number of benzene rings is 1. The van der Waals surface area contributed by atoms with E-state index in [0.29, 0.717) is 67.0 Å². The molecule has 44 heavy (non-hydrogen) atoms. The van der Waals surface area contributed by atoms with Crippen LogP contribution in [0.4, 0.5) is 13.2 Å². The van der Waals surface area contributed by atoms with E-state index in [-0.39, 0.29) is 41.2 Å². The topological polar surface area (TPSA) is 88.0 Å². The highest BCUT2D eigenvalue weighted by Crippen LogP contribution is 2.33. The van der Waals surface area contributed by atoms with Gasteiger partial charge in [-0.3, -0.25) is 27.9 Å². The summed E-state index contributed by atoms with van der Waals surface area (Å²) < 4.78 is 46.5. The van der Waals surface area contributed by atoms with E-state index in [1.165, 1.54) is 38.9 Å². The molecule has 0 saturated carbocycles. The Kier molecular flexibility index (Phi) is 13.2. The average molecular weight is 687 g/mol. The summed E-state index contributed by atoms with van der Waals surface area (Å²) in [5.74, 6) is 0. The summed E-state index contributed by atoms with van der Waals surface area (Å²) >= 11 is 0. The van der Waals surface area contributed by atoms with Crippen molar-refractivity contribution in [1.82, 2.24) is 18.3 Å². The molecule has 0 N–H and O–H groups in total. The molecule has 0 amide bonds. The summed E-state index contributed by atoms with van der Waals surface area (Å²) in [5, 5.41) is 0. The average Bonchev–Trinajstić information content (AvgIpc) is 2.95. The quantitative estimate of drug-likeness (QED) is 0.186. The van der Waals surface area contributed by atoms with E-state index in [1.807, 2.05) is 13.8 Å². The van der Waals surface area contributed by atoms with E-state index in [4.69, 9.17) is 0 Å². The molecule has 2 aromatic heterocycles. The third-order valence-corrected chi connectivity index (χ3v) is 8.54. The van der Waals surface area contributed by atoms with Crippen molar-refractivity contribution in [3.05, 3.63) is 101 Å². The van der Waals surface area contributed by atoms with Crippen LogP contribution in [-0.2, 0) is 39.4 Å². The van der Waals surface area contributed by atoms with Gasteiger partial charge in [-0.15, -0.1) is 0 Å². The lowest BCUT2D eigenvalue weighted by Crippen LogP contribution is -3.00. The van der Waals surface area contributed by atoms with Gasteiger partial charge in [0.1, 0.15) is 6.54 Å². The Labute approximate surface area is 265 Å². The van der Waals surface area contributed by atoms with Gasteiger partial charge in [0.05, 0.1) is 25.2 Å². The molecule has 0 aliphatic heterocycles. The predicted octanol–water partition coefficient (Wildman–Crippen LogP) is 0.827. The number of unbranched alkanes of at least 4 members (excludes halogenated alkanes) is 2. The molecule has 244 valence electrons. The van der Waals surface area contributed by atoms with Gasteiger partial charge >= 0.3 is 17.6 Å². The molecule has 0 radical (unpaired) electrons. The van der Waals surface area contributed by atoms with E-state index in [9.17, 15) is 32.3 Å². The number of nitrogens with zero attached hydrogens (tertiary/aromatic N) is 5. The van der Waals surface area contributed by atoms with Gasteiger partial charge in [0, 0.05) is 55.8 Å². The van der Waals surface area contributed by atoms with Crippen molar-refractivity contribution in [3.8, 4) is 0 Å². The van der Waals surface area contributed by atoms with E-state index >= 15 is 0 Å². The fraction of sp³-hybridized carbons (Fsp3) is 0.548. The Bertz CT molecular complexity index is 1650. The molecule has 0 fully saturated rings. The molecule has 0 saturated heterocycles. The van der Waals surface area contributed by atoms with E-state index < -0.39 is 23.1 Å². The Balaban J connectivity index is 0.00000675. The van der Waals surface area contributed by atoms with Crippen LogP contribution in [0.5, 0.6) is 0 Å². The smallest absolute Gasteiger partial charge is 0.416 e. The highest BCUT2D eigenvalue weighted by atomic mass is 79.9. The van der Waals surface area contributed by atoms with Crippen molar-refractivity contribution in [1.29, 1.82) is 0 Å². The van der Waals surface area contributed by atoms with Gasteiger partial charge in [0.2, 0.25) is 0 Å². The normalized spacial score (nSPS) is 11.9. The van der Waals surface area contributed by atoms with Crippen LogP contribution in [-0.4, -0.2) is 42.4 Å². The second-order valence-electron chi connectivity index (χ2n) is 11.3. The molecule has 0 unspecified atom stereocenters. The van der Waals surface area contributed by atoms with E-state index in [1.54, 1.807) is 26.0 Å². The van der Waals surface area contributed by atoms with Gasteiger partial charge in [0.15, 0.2) is 0 Å². The second-order valence-corrected chi connectivity index (χ2v) is 11.3. The monoisotopic (exact) mass is 685 g/mol. The predicted molar refractivity (Wildman–Crippen MR) is 160 cm³/mol. The standard InChI is InChI=1S/C31H43F3N5O4.BrH/c1-6-39(7-2,22-25-14-9-10-15-26(25)31(32,33)34)19-12-8-11-16-38-28(41)21-24(4)37(30(38)43)18-13-17-36-23(3)20-27(40)35(5)29(36)42;/h9-10,14-15,20-21H,6-8,11-13,16-19,22H2,1-5H3;1H/q+1;/p-1. The first kappa shape index (κ1) is 37.0. The van der Waals surface area contributed by atoms with E-state index in [2.05, 4.69) is 0 Å².